The Labute approximate surface area is 657 Å². The molecular weight excluding hydrogens is 1390 g/mol. The molecule has 0 amide bonds. The van der Waals surface area contributed by atoms with Gasteiger partial charge in [0.15, 0.2) is 23.2 Å². The molecule has 0 spiro atoms. The van der Waals surface area contributed by atoms with Crippen molar-refractivity contribution < 1.29 is 8.83 Å². The van der Waals surface area contributed by atoms with Crippen LogP contribution < -0.4 is 0 Å². The summed E-state index contributed by atoms with van der Waals surface area (Å²) in [4.78, 5) is 21.3. The van der Waals surface area contributed by atoms with Crippen LogP contribution in [0.1, 0.15) is 14.9 Å². The van der Waals surface area contributed by atoms with Crippen LogP contribution in [-0.2, 0) is 0 Å². The highest BCUT2D eigenvalue weighted by atomic mass is 16.3. The second-order valence-corrected chi connectivity index (χ2v) is 28.5. The molecule has 23 rings (SSSR count). The first-order valence-corrected chi connectivity index (χ1v) is 37.7. The van der Waals surface area contributed by atoms with E-state index in [0.29, 0.717) is 28.9 Å². The van der Waals surface area contributed by atoms with Crippen molar-refractivity contribution in [3.63, 3.8) is 0 Å². The van der Waals surface area contributed by atoms with E-state index in [4.69, 9.17) is 28.8 Å². The zero-order valence-electron chi connectivity index (χ0n) is 60.3. The zero-order valence-corrected chi connectivity index (χ0v) is 60.3. The van der Waals surface area contributed by atoms with Crippen molar-refractivity contribution in [1.29, 1.82) is 0 Å². The Hall–Kier alpha value is -15.3. The maximum atomic E-state index is 6.47. The SMILES string of the molecule is C.C.c1ccc(-c2cc(-c3cc4ccccc4o3)nc(-c3cc(-n4c5ccccc5c5ccccc54)cc(-n4c5ccccc5c5ccccc54)c3)n2)cc1.c1ccc(-c2ccc(-c3cc(-c4cc5ccccc5o4)nc(-c4cc(-n5c6ccccc6c6ccccc65)cc(-n5c6ccccc6c6ccccc65)c4)n3)cc2)cc1. The van der Waals surface area contributed by atoms with Gasteiger partial charge in [-0.3, -0.25) is 0 Å². The molecular formula is C104H72N8O2. The Morgan fingerprint density at radius 1 is 0.184 bits per heavy atom. The summed E-state index contributed by atoms with van der Waals surface area (Å²) in [6, 6.07) is 136. The maximum absolute atomic E-state index is 6.47. The van der Waals surface area contributed by atoms with E-state index >= 15 is 0 Å². The zero-order chi connectivity index (χ0) is 73.7. The van der Waals surface area contributed by atoms with Crippen LogP contribution in [0.25, 0.3) is 211 Å². The van der Waals surface area contributed by atoms with E-state index in [1.165, 1.54) is 48.7 Å². The van der Waals surface area contributed by atoms with Crippen molar-refractivity contribution in [2.24, 2.45) is 0 Å². The molecule has 8 heterocycles. The monoisotopic (exact) mass is 1460 g/mol. The molecule has 0 fully saturated rings. The van der Waals surface area contributed by atoms with Gasteiger partial charge in [0.1, 0.15) is 22.6 Å². The minimum Gasteiger partial charge on any atom is -0.454 e. The molecule has 10 heteroatoms. The number of hydrogen-bond donors (Lipinski definition) is 0. The van der Waals surface area contributed by atoms with Gasteiger partial charge in [0, 0.05) is 98.9 Å². The van der Waals surface area contributed by atoms with Gasteiger partial charge in [0.05, 0.1) is 55.5 Å². The third-order valence-electron chi connectivity index (χ3n) is 21.8. The Balaban J connectivity index is 0.000000146. The quantitative estimate of drug-likeness (QED) is 0.128. The van der Waals surface area contributed by atoms with Gasteiger partial charge >= 0.3 is 0 Å². The lowest BCUT2D eigenvalue weighted by atomic mass is 10.0. The number of para-hydroxylation sites is 10. The number of nitrogens with zero attached hydrogens (tertiary/aromatic N) is 8. The van der Waals surface area contributed by atoms with Gasteiger partial charge in [-0.15, -0.1) is 0 Å². The second-order valence-electron chi connectivity index (χ2n) is 28.5. The van der Waals surface area contributed by atoms with Crippen molar-refractivity contribution in [2.75, 3.05) is 0 Å². The average Bonchev–Trinajstić information content (AvgIpc) is 1.57. The Morgan fingerprint density at radius 2 is 0.421 bits per heavy atom. The molecule has 0 atom stereocenters. The summed E-state index contributed by atoms with van der Waals surface area (Å²) >= 11 is 0. The highest BCUT2D eigenvalue weighted by Crippen LogP contribution is 2.43. The number of benzene rings is 15. The van der Waals surface area contributed by atoms with Crippen LogP contribution in [0.15, 0.2) is 397 Å². The molecule has 10 nitrogen and oxygen atoms in total. The summed E-state index contributed by atoms with van der Waals surface area (Å²) in [7, 11) is 0. The highest BCUT2D eigenvalue weighted by Gasteiger charge is 2.24. The predicted molar refractivity (Wildman–Crippen MR) is 472 cm³/mol. The fourth-order valence-corrected chi connectivity index (χ4v) is 16.8. The predicted octanol–water partition coefficient (Wildman–Crippen LogP) is 27.8. The summed E-state index contributed by atoms with van der Waals surface area (Å²) in [6.45, 7) is 0. The fourth-order valence-electron chi connectivity index (χ4n) is 16.8. The minimum atomic E-state index is 0. The van der Waals surface area contributed by atoms with Gasteiger partial charge in [-0.2, -0.15) is 0 Å². The van der Waals surface area contributed by atoms with Crippen LogP contribution in [0.2, 0.25) is 0 Å². The molecule has 540 valence electrons. The van der Waals surface area contributed by atoms with E-state index < -0.39 is 0 Å². The molecule has 0 N–H and O–H groups in total. The van der Waals surface area contributed by atoms with Gasteiger partial charge in [-0.25, -0.2) is 19.9 Å². The Morgan fingerprint density at radius 3 is 0.728 bits per heavy atom. The molecule has 0 saturated heterocycles. The van der Waals surface area contributed by atoms with Gasteiger partial charge < -0.3 is 27.1 Å². The largest absolute Gasteiger partial charge is 0.454 e. The summed E-state index contributed by atoms with van der Waals surface area (Å²) in [5.74, 6) is 2.62. The topological polar surface area (TPSA) is 97.6 Å². The molecule has 0 aliphatic rings. The van der Waals surface area contributed by atoms with Crippen molar-refractivity contribution in [3.8, 4) is 102 Å². The van der Waals surface area contributed by atoms with Crippen LogP contribution in [0.4, 0.5) is 0 Å². The fraction of sp³-hybridized carbons (Fsp3) is 0.0192. The molecule has 15 aromatic carbocycles. The van der Waals surface area contributed by atoms with E-state index in [1.807, 2.05) is 72.8 Å². The highest BCUT2D eigenvalue weighted by molar-refractivity contribution is 6.13. The van der Waals surface area contributed by atoms with Crippen LogP contribution in [0, 0.1) is 0 Å². The molecule has 0 aliphatic carbocycles. The van der Waals surface area contributed by atoms with Crippen molar-refractivity contribution in [3.05, 3.63) is 388 Å². The van der Waals surface area contributed by atoms with Gasteiger partial charge in [0.25, 0.3) is 0 Å². The van der Waals surface area contributed by atoms with E-state index in [0.717, 1.165) is 134 Å². The Kier molecular flexibility index (Phi) is 16.7. The normalized spacial score (nSPS) is 11.5. The third kappa shape index (κ3) is 11.6. The first-order chi connectivity index (χ1) is 55.5. The first kappa shape index (κ1) is 68.0. The number of hydrogen-bond acceptors (Lipinski definition) is 6. The average molecular weight is 1470 g/mol. The molecule has 0 radical (unpaired) electrons. The summed E-state index contributed by atoms with van der Waals surface area (Å²) < 4.78 is 22.3. The smallest absolute Gasteiger partial charge is 0.160 e. The molecule has 0 aliphatic heterocycles. The summed E-state index contributed by atoms with van der Waals surface area (Å²) in [5, 5.41) is 11.7. The number of aromatic nitrogens is 8. The molecule has 8 aromatic heterocycles. The van der Waals surface area contributed by atoms with Crippen LogP contribution in [0.5, 0.6) is 0 Å². The third-order valence-corrected chi connectivity index (χ3v) is 21.8. The lowest BCUT2D eigenvalue weighted by Crippen LogP contribution is -2.02. The number of rotatable bonds is 11. The lowest BCUT2D eigenvalue weighted by molar-refractivity contribution is 0.628. The number of furan rings is 2. The molecule has 114 heavy (non-hydrogen) atoms. The van der Waals surface area contributed by atoms with Crippen LogP contribution >= 0.6 is 0 Å². The second kappa shape index (κ2) is 28.0. The number of fused-ring (bicyclic) bond motifs is 14. The molecule has 0 bridgehead atoms. The summed E-state index contributed by atoms with van der Waals surface area (Å²) in [5.41, 5.74) is 24.0. The van der Waals surface area contributed by atoms with E-state index in [2.05, 4.69) is 334 Å². The molecule has 0 unspecified atom stereocenters. The van der Waals surface area contributed by atoms with Crippen molar-refractivity contribution >= 4 is 109 Å². The van der Waals surface area contributed by atoms with Gasteiger partial charge in [-0.05, 0) is 132 Å². The lowest BCUT2D eigenvalue weighted by Gasteiger charge is -2.16. The molecule has 0 saturated carbocycles. The van der Waals surface area contributed by atoms with Gasteiger partial charge in [0.2, 0.25) is 0 Å². The van der Waals surface area contributed by atoms with Crippen LogP contribution in [0.3, 0.4) is 0 Å². The van der Waals surface area contributed by atoms with E-state index in [1.54, 1.807) is 0 Å². The Bertz CT molecular complexity index is 7100. The van der Waals surface area contributed by atoms with E-state index in [-0.39, 0.29) is 14.9 Å². The maximum Gasteiger partial charge on any atom is 0.160 e. The van der Waals surface area contributed by atoms with Crippen molar-refractivity contribution in [2.45, 2.75) is 14.9 Å². The molecule has 23 aromatic rings. The summed E-state index contributed by atoms with van der Waals surface area (Å²) in [6.07, 6.45) is 0. The van der Waals surface area contributed by atoms with E-state index in [9.17, 15) is 0 Å². The van der Waals surface area contributed by atoms with Crippen molar-refractivity contribution in [1.82, 2.24) is 38.2 Å². The first-order valence-electron chi connectivity index (χ1n) is 37.7. The standard InChI is InChI=1S/C54H34N4O.C48H30N4O.2CH4/c1-2-14-35(15-3-1)36-26-28-37(29-27-36)46-34-47(53-32-38-16-4-13-25-52(38)59-53)56-54(55-46)39-30-40(57-48-21-9-5-17-42(48)43-18-6-10-22-49(43)57)33-41(31-39)58-50-23-11-7-19-44(50)45-20-8-12-24-51(45)58;1-2-14-31(15-3-1)40-30-41(47-28-32-16-4-13-25-46(32)53-47)50-48(49-40)33-26-34(51-42-21-9-5-17-36(42)37-18-6-10-22-43(37)51)29-35(27-33)52-44-23-11-7-19-38(44)39-20-8-12-24-45(39)52;;/h1-34H;1-30H;2*1H4. The minimum absolute atomic E-state index is 0. The van der Waals surface area contributed by atoms with Crippen LogP contribution in [-0.4, -0.2) is 38.2 Å². The van der Waals surface area contributed by atoms with Gasteiger partial charge in [-0.1, -0.05) is 282 Å².